The lowest BCUT2D eigenvalue weighted by Crippen LogP contribution is -2.28. The van der Waals surface area contributed by atoms with Crippen molar-refractivity contribution in [3.05, 3.63) is 86.4 Å². The number of likely N-dealkylation sites (N-methyl/N-ethyl adjacent to an activating group) is 1. The number of rotatable bonds is 4. The van der Waals surface area contributed by atoms with Gasteiger partial charge in [-0.05, 0) is 79.4 Å². The Labute approximate surface area is 190 Å². The van der Waals surface area contributed by atoms with Gasteiger partial charge < -0.3 is 4.57 Å². The van der Waals surface area contributed by atoms with E-state index < -0.39 is 0 Å². The van der Waals surface area contributed by atoms with E-state index in [1.165, 1.54) is 11.8 Å². The molecule has 0 bridgehead atoms. The number of aromatic nitrogens is 1. The molecular weight excluding hydrogens is 514 g/mol. The van der Waals surface area contributed by atoms with Gasteiger partial charge in [-0.25, -0.2) is 4.99 Å². The van der Waals surface area contributed by atoms with Gasteiger partial charge in [0.1, 0.15) is 0 Å². The third kappa shape index (κ3) is 4.42. The van der Waals surface area contributed by atoms with E-state index in [9.17, 15) is 4.79 Å². The molecule has 0 N–H and O–H groups in total. The number of carbonyl (C=O) groups excluding carboxylic acids is 1. The highest BCUT2D eigenvalue weighted by atomic mass is 79.9. The van der Waals surface area contributed by atoms with Crippen molar-refractivity contribution < 1.29 is 4.79 Å². The molecule has 4 rings (SSSR count). The van der Waals surface area contributed by atoms with Crippen molar-refractivity contribution in [2.75, 3.05) is 6.54 Å². The minimum absolute atomic E-state index is 0.0182. The van der Waals surface area contributed by atoms with Crippen molar-refractivity contribution >= 4 is 66.5 Å². The smallest absolute Gasteiger partial charge is 0.266 e. The van der Waals surface area contributed by atoms with Gasteiger partial charge in [0.25, 0.3) is 5.91 Å². The number of carbonyl (C=O) groups is 1. The summed E-state index contributed by atoms with van der Waals surface area (Å²) < 4.78 is 4.07. The van der Waals surface area contributed by atoms with Gasteiger partial charge in [-0.2, -0.15) is 0 Å². The van der Waals surface area contributed by atoms with Crippen molar-refractivity contribution in [3.63, 3.8) is 0 Å². The maximum Gasteiger partial charge on any atom is 0.266 e. The van der Waals surface area contributed by atoms with E-state index in [1.54, 1.807) is 4.90 Å². The number of benzene rings is 2. The molecule has 29 heavy (non-hydrogen) atoms. The molecule has 0 radical (unpaired) electrons. The first-order valence-electron chi connectivity index (χ1n) is 9.04. The fourth-order valence-electron chi connectivity index (χ4n) is 3.00. The molecule has 7 heteroatoms. The first-order chi connectivity index (χ1) is 14.0. The van der Waals surface area contributed by atoms with Gasteiger partial charge in [-0.15, -0.1) is 0 Å². The molecule has 0 aliphatic carbocycles. The van der Waals surface area contributed by atoms with Gasteiger partial charge in [0.05, 0.1) is 10.6 Å². The molecule has 0 unspecified atom stereocenters. The Morgan fingerprint density at radius 1 is 1.03 bits per heavy atom. The fraction of sp³-hybridized carbons (Fsp3) is 0.0909. The summed E-state index contributed by atoms with van der Waals surface area (Å²) in [7, 11) is 0. The van der Waals surface area contributed by atoms with Gasteiger partial charge in [-0.1, -0.05) is 37.9 Å². The Kier molecular flexibility index (Phi) is 6.08. The second kappa shape index (κ2) is 8.73. The first-order valence-corrected chi connectivity index (χ1v) is 11.4. The largest absolute Gasteiger partial charge is 0.317 e. The molecule has 2 heterocycles. The Morgan fingerprint density at radius 3 is 2.55 bits per heavy atom. The van der Waals surface area contributed by atoms with Crippen molar-refractivity contribution in [1.29, 1.82) is 0 Å². The van der Waals surface area contributed by atoms with Crippen molar-refractivity contribution in [2.24, 2.45) is 4.99 Å². The minimum Gasteiger partial charge on any atom is -0.317 e. The highest BCUT2D eigenvalue weighted by molar-refractivity contribution is 9.10. The summed E-state index contributed by atoms with van der Waals surface area (Å²) in [6.07, 6.45) is 3.92. The predicted molar refractivity (Wildman–Crippen MR) is 128 cm³/mol. The third-order valence-corrected chi connectivity index (χ3v) is 6.43. The Bertz CT molecular complexity index is 1120. The number of aliphatic imine (C=N–C) groups is 1. The number of amides is 1. The molecular formula is C22H17Br2N3OS. The molecule has 1 aromatic heterocycles. The zero-order valence-electron chi connectivity index (χ0n) is 15.5. The zero-order valence-corrected chi connectivity index (χ0v) is 19.5. The molecule has 0 spiro atoms. The van der Waals surface area contributed by atoms with Gasteiger partial charge in [-0.3, -0.25) is 9.69 Å². The predicted octanol–water partition coefficient (Wildman–Crippen LogP) is 6.63. The minimum atomic E-state index is -0.0182. The van der Waals surface area contributed by atoms with Crippen LogP contribution in [0, 0.1) is 0 Å². The van der Waals surface area contributed by atoms with Crippen molar-refractivity contribution in [3.8, 4) is 5.69 Å². The highest BCUT2D eigenvalue weighted by Crippen LogP contribution is 2.34. The van der Waals surface area contributed by atoms with Crippen LogP contribution >= 0.6 is 43.6 Å². The van der Waals surface area contributed by atoms with Crippen LogP contribution < -0.4 is 0 Å². The second-order valence-corrected chi connectivity index (χ2v) is 9.15. The van der Waals surface area contributed by atoms with Crippen LogP contribution in [0.3, 0.4) is 0 Å². The number of thioether (sulfide) groups is 1. The molecule has 1 amide bonds. The van der Waals surface area contributed by atoms with Crippen molar-refractivity contribution in [2.45, 2.75) is 6.92 Å². The van der Waals surface area contributed by atoms with Gasteiger partial charge >= 0.3 is 0 Å². The summed E-state index contributed by atoms with van der Waals surface area (Å²) in [6.45, 7) is 2.54. The van der Waals surface area contributed by atoms with E-state index in [0.29, 0.717) is 16.6 Å². The van der Waals surface area contributed by atoms with E-state index in [2.05, 4.69) is 41.4 Å². The number of nitrogens with zero attached hydrogens (tertiary/aromatic N) is 3. The summed E-state index contributed by atoms with van der Waals surface area (Å²) >= 11 is 8.36. The Balaban J connectivity index is 1.68. The molecule has 0 saturated carbocycles. The van der Waals surface area contributed by atoms with Crippen LogP contribution in [-0.4, -0.2) is 27.1 Å². The molecule has 1 saturated heterocycles. The number of amidine groups is 1. The SMILES string of the molecule is CCN1C(=O)/C(=C/c2cccn2-c2cccc(Br)c2)SC1=Nc1ccc(Br)cc1. The summed E-state index contributed by atoms with van der Waals surface area (Å²) in [5.41, 5.74) is 2.79. The van der Waals surface area contributed by atoms with E-state index in [-0.39, 0.29) is 5.91 Å². The molecule has 2 aromatic carbocycles. The summed E-state index contributed by atoms with van der Waals surface area (Å²) in [6, 6.07) is 19.8. The molecule has 1 aliphatic rings. The Morgan fingerprint density at radius 2 is 1.83 bits per heavy atom. The van der Waals surface area contributed by atoms with Crippen LogP contribution in [0.2, 0.25) is 0 Å². The normalized spacial score (nSPS) is 16.9. The van der Waals surface area contributed by atoms with E-state index in [1.807, 2.05) is 79.9 Å². The molecule has 3 aromatic rings. The summed E-state index contributed by atoms with van der Waals surface area (Å²) in [5.74, 6) is -0.0182. The second-order valence-electron chi connectivity index (χ2n) is 6.31. The van der Waals surface area contributed by atoms with Crippen LogP contribution in [-0.2, 0) is 4.79 Å². The van der Waals surface area contributed by atoms with E-state index >= 15 is 0 Å². The average molecular weight is 531 g/mol. The highest BCUT2D eigenvalue weighted by Gasteiger charge is 2.32. The standard InChI is InChI=1S/C22H17Br2N3OS/c1-2-26-21(28)20(29-22(26)25-17-10-8-15(23)9-11-17)14-19-7-4-12-27(19)18-6-3-5-16(24)13-18/h3-14H,2H2,1H3/b20-14-,25-22?. The molecule has 1 fully saturated rings. The Hall–Kier alpha value is -2.09. The molecule has 4 nitrogen and oxygen atoms in total. The van der Waals surface area contributed by atoms with Gasteiger partial charge in [0.15, 0.2) is 5.17 Å². The number of hydrogen-bond acceptors (Lipinski definition) is 3. The van der Waals surface area contributed by atoms with Crippen LogP contribution in [0.4, 0.5) is 5.69 Å². The monoisotopic (exact) mass is 529 g/mol. The third-order valence-electron chi connectivity index (χ3n) is 4.40. The topological polar surface area (TPSA) is 37.6 Å². The zero-order chi connectivity index (χ0) is 20.4. The maximum absolute atomic E-state index is 13.0. The summed E-state index contributed by atoms with van der Waals surface area (Å²) in [5, 5.41) is 0.701. The summed E-state index contributed by atoms with van der Waals surface area (Å²) in [4.78, 5) is 20.0. The van der Waals surface area contributed by atoms with Crippen LogP contribution in [0.5, 0.6) is 0 Å². The van der Waals surface area contributed by atoms with Gasteiger partial charge in [0.2, 0.25) is 0 Å². The first kappa shape index (κ1) is 20.2. The quantitative estimate of drug-likeness (QED) is 0.355. The van der Waals surface area contributed by atoms with Crippen LogP contribution in [0.1, 0.15) is 12.6 Å². The van der Waals surface area contributed by atoms with Crippen molar-refractivity contribution in [1.82, 2.24) is 9.47 Å². The maximum atomic E-state index is 13.0. The molecule has 1 aliphatic heterocycles. The number of hydrogen-bond donors (Lipinski definition) is 0. The fourth-order valence-corrected chi connectivity index (χ4v) is 4.70. The lowest BCUT2D eigenvalue weighted by molar-refractivity contribution is -0.122. The van der Waals surface area contributed by atoms with E-state index in [0.717, 1.165) is 26.0 Å². The lowest BCUT2D eigenvalue weighted by Gasteiger charge is -2.12. The molecule has 0 atom stereocenters. The van der Waals surface area contributed by atoms with E-state index in [4.69, 9.17) is 0 Å². The van der Waals surface area contributed by atoms with Crippen LogP contribution in [0.25, 0.3) is 11.8 Å². The number of halogens is 2. The molecule has 146 valence electrons. The van der Waals surface area contributed by atoms with Crippen LogP contribution in [0.15, 0.2) is 85.7 Å². The van der Waals surface area contributed by atoms with Gasteiger partial charge in [0, 0.05) is 33.1 Å². The lowest BCUT2D eigenvalue weighted by atomic mass is 10.3. The average Bonchev–Trinajstić information content (AvgIpc) is 3.28.